The maximum Gasteiger partial charge on any atom is 0.329 e. The standard InChI is InChI=1S/C16H20FNO3/c1-10-6-8-16(9-7-10,15(20)21)18-14(19)12-4-3-5-13(17)11(12)2/h3-5,10H,6-9H2,1-2H3,(H,18,19)(H,20,21). The highest BCUT2D eigenvalue weighted by Gasteiger charge is 2.42. The van der Waals surface area contributed by atoms with Gasteiger partial charge in [-0.2, -0.15) is 0 Å². The number of amides is 1. The monoisotopic (exact) mass is 293 g/mol. The van der Waals surface area contributed by atoms with Crippen molar-refractivity contribution < 1.29 is 19.1 Å². The molecule has 0 saturated heterocycles. The van der Waals surface area contributed by atoms with Crippen LogP contribution in [0.5, 0.6) is 0 Å². The summed E-state index contributed by atoms with van der Waals surface area (Å²) in [4.78, 5) is 23.9. The summed E-state index contributed by atoms with van der Waals surface area (Å²) >= 11 is 0. The van der Waals surface area contributed by atoms with Crippen LogP contribution in [0.25, 0.3) is 0 Å². The van der Waals surface area contributed by atoms with Gasteiger partial charge in [0.25, 0.3) is 5.91 Å². The van der Waals surface area contributed by atoms with Gasteiger partial charge in [-0.1, -0.05) is 13.0 Å². The summed E-state index contributed by atoms with van der Waals surface area (Å²) in [5, 5.41) is 12.1. The lowest BCUT2D eigenvalue weighted by Crippen LogP contribution is -2.56. The van der Waals surface area contributed by atoms with E-state index >= 15 is 0 Å². The van der Waals surface area contributed by atoms with Crippen molar-refractivity contribution in [1.82, 2.24) is 5.32 Å². The Labute approximate surface area is 123 Å². The first kappa shape index (κ1) is 15.5. The van der Waals surface area contributed by atoms with E-state index in [1.807, 2.05) is 0 Å². The van der Waals surface area contributed by atoms with E-state index in [2.05, 4.69) is 12.2 Å². The van der Waals surface area contributed by atoms with Crippen LogP contribution in [-0.4, -0.2) is 22.5 Å². The lowest BCUT2D eigenvalue weighted by Gasteiger charge is -2.36. The van der Waals surface area contributed by atoms with Crippen LogP contribution in [0.1, 0.15) is 48.5 Å². The molecular formula is C16H20FNO3. The third-order valence-electron chi connectivity index (χ3n) is 4.40. The van der Waals surface area contributed by atoms with Gasteiger partial charge in [0.05, 0.1) is 0 Å². The lowest BCUT2D eigenvalue weighted by atomic mass is 9.77. The van der Waals surface area contributed by atoms with E-state index < -0.39 is 23.2 Å². The maximum absolute atomic E-state index is 13.5. The summed E-state index contributed by atoms with van der Waals surface area (Å²) in [5.41, 5.74) is -0.809. The molecule has 21 heavy (non-hydrogen) atoms. The lowest BCUT2D eigenvalue weighted by molar-refractivity contribution is -0.146. The Morgan fingerprint density at radius 1 is 1.33 bits per heavy atom. The van der Waals surface area contributed by atoms with Crippen LogP contribution in [0.15, 0.2) is 18.2 Å². The number of carboxylic acids is 1. The van der Waals surface area contributed by atoms with Crippen molar-refractivity contribution in [3.8, 4) is 0 Å². The summed E-state index contributed by atoms with van der Waals surface area (Å²) < 4.78 is 13.5. The zero-order valence-electron chi connectivity index (χ0n) is 12.3. The Morgan fingerprint density at radius 2 is 1.95 bits per heavy atom. The number of benzene rings is 1. The van der Waals surface area contributed by atoms with Gasteiger partial charge in [-0.05, 0) is 56.2 Å². The van der Waals surface area contributed by atoms with Gasteiger partial charge in [0, 0.05) is 5.56 Å². The SMILES string of the molecule is Cc1c(F)cccc1C(=O)NC1(C(=O)O)CCC(C)CC1. The van der Waals surface area contributed by atoms with Crippen molar-refractivity contribution in [2.24, 2.45) is 5.92 Å². The minimum Gasteiger partial charge on any atom is -0.480 e. The first-order chi connectivity index (χ1) is 9.85. The largest absolute Gasteiger partial charge is 0.480 e. The predicted molar refractivity (Wildman–Crippen MR) is 76.6 cm³/mol. The number of carbonyl (C=O) groups excluding carboxylic acids is 1. The van der Waals surface area contributed by atoms with E-state index in [0.717, 1.165) is 12.8 Å². The molecule has 0 aromatic heterocycles. The van der Waals surface area contributed by atoms with Crippen LogP contribution >= 0.6 is 0 Å². The summed E-state index contributed by atoms with van der Waals surface area (Å²) in [5.74, 6) is -1.55. The molecule has 1 aromatic carbocycles. The maximum atomic E-state index is 13.5. The second-order valence-corrected chi connectivity index (χ2v) is 5.94. The van der Waals surface area contributed by atoms with Gasteiger partial charge in [-0.3, -0.25) is 4.79 Å². The van der Waals surface area contributed by atoms with E-state index in [0.29, 0.717) is 18.8 Å². The van der Waals surface area contributed by atoms with Crippen LogP contribution < -0.4 is 5.32 Å². The highest BCUT2D eigenvalue weighted by molar-refractivity contribution is 5.99. The van der Waals surface area contributed by atoms with Crippen molar-refractivity contribution in [3.05, 3.63) is 35.1 Å². The quantitative estimate of drug-likeness (QED) is 0.900. The molecule has 2 N–H and O–H groups in total. The fourth-order valence-corrected chi connectivity index (χ4v) is 2.79. The molecular weight excluding hydrogens is 273 g/mol. The number of hydrogen-bond donors (Lipinski definition) is 2. The minimum atomic E-state index is -1.23. The third-order valence-corrected chi connectivity index (χ3v) is 4.40. The van der Waals surface area contributed by atoms with Gasteiger partial charge in [0.1, 0.15) is 11.4 Å². The van der Waals surface area contributed by atoms with Crippen LogP contribution in [0.2, 0.25) is 0 Å². The van der Waals surface area contributed by atoms with Crippen molar-refractivity contribution in [2.75, 3.05) is 0 Å². The molecule has 1 aliphatic carbocycles. The summed E-state index contributed by atoms with van der Waals surface area (Å²) in [7, 11) is 0. The Morgan fingerprint density at radius 3 is 2.52 bits per heavy atom. The van der Waals surface area contributed by atoms with Gasteiger partial charge in [0.15, 0.2) is 0 Å². The smallest absolute Gasteiger partial charge is 0.329 e. The highest BCUT2D eigenvalue weighted by atomic mass is 19.1. The van der Waals surface area contributed by atoms with Crippen molar-refractivity contribution >= 4 is 11.9 Å². The fourth-order valence-electron chi connectivity index (χ4n) is 2.79. The highest BCUT2D eigenvalue weighted by Crippen LogP contribution is 2.32. The number of aliphatic carboxylic acids is 1. The molecule has 1 saturated carbocycles. The molecule has 1 aromatic rings. The van der Waals surface area contributed by atoms with E-state index in [1.165, 1.54) is 25.1 Å². The number of carboxylic acid groups (broad SMARTS) is 1. The molecule has 0 aliphatic heterocycles. The second-order valence-electron chi connectivity index (χ2n) is 5.94. The van der Waals surface area contributed by atoms with E-state index in [9.17, 15) is 19.1 Å². The molecule has 1 fully saturated rings. The number of hydrogen-bond acceptors (Lipinski definition) is 2. The summed E-state index contributed by atoms with van der Waals surface area (Å²) in [6.45, 7) is 3.59. The van der Waals surface area contributed by atoms with Gasteiger partial charge in [0.2, 0.25) is 0 Å². The fraction of sp³-hybridized carbons (Fsp3) is 0.500. The van der Waals surface area contributed by atoms with Gasteiger partial charge in [-0.25, -0.2) is 9.18 Å². The Balaban J connectivity index is 2.23. The van der Waals surface area contributed by atoms with Gasteiger partial charge in [-0.15, -0.1) is 0 Å². The molecule has 1 aliphatic rings. The molecule has 0 radical (unpaired) electrons. The van der Waals surface area contributed by atoms with Crippen molar-refractivity contribution in [3.63, 3.8) is 0 Å². The van der Waals surface area contributed by atoms with Crippen LogP contribution in [-0.2, 0) is 4.79 Å². The Hall–Kier alpha value is -1.91. The Bertz CT molecular complexity index is 563. The number of halogens is 1. The molecule has 114 valence electrons. The van der Waals surface area contributed by atoms with Crippen LogP contribution in [0, 0.1) is 18.7 Å². The first-order valence-electron chi connectivity index (χ1n) is 7.17. The van der Waals surface area contributed by atoms with Gasteiger partial charge < -0.3 is 10.4 Å². The average molecular weight is 293 g/mol. The molecule has 0 spiro atoms. The van der Waals surface area contributed by atoms with Crippen molar-refractivity contribution in [1.29, 1.82) is 0 Å². The molecule has 0 unspecified atom stereocenters. The summed E-state index contributed by atoms with van der Waals surface area (Å²) in [6.07, 6.45) is 2.33. The minimum absolute atomic E-state index is 0.189. The number of carbonyl (C=O) groups is 2. The van der Waals surface area contributed by atoms with Crippen LogP contribution in [0.3, 0.4) is 0 Å². The molecule has 5 heteroatoms. The predicted octanol–water partition coefficient (Wildman–Crippen LogP) is 2.90. The molecule has 0 heterocycles. The normalized spacial score (nSPS) is 25.4. The van der Waals surface area contributed by atoms with Gasteiger partial charge >= 0.3 is 5.97 Å². The third kappa shape index (κ3) is 3.06. The second kappa shape index (κ2) is 5.84. The van der Waals surface area contributed by atoms with Crippen molar-refractivity contribution in [2.45, 2.75) is 45.1 Å². The first-order valence-corrected chi connectivity index (χ1v) is 7.17. The zero-order valence-corrected chi connectivity index (χ0v) is 12.3. The molecule has 2 rings (SSSR count). The Kier molecular flexibility index (Phi) is 4.30. The average Bonchev–Trinajstić information content (AvgIpc) is 2.44. The van der Waals surface area contributed by atoms with E-state index in [-0.39, 0.29) is 11.1 Å². The summed E-state index contributed by atoms with van der Waals surface area (Å²) in [6, 6.07) is 4.24. The topological polar surface area (TPSA) is 66.4 Å². The molecule has 1 amide bonds. The molecule has 0 bridgehead atoms. The molecule has 0 atom stereocenters. The van der Waals surface area contributed by atoms with E-state index in [4.69, 9.17) is 0 Å². The number of rotatable bonds is 3. The number of nitrogens with one attached hydrogen (secondary N) is 1. The molecule has 4 nitrogen and oxygen atoms in total. The zero-order chi connectivity index (χ0) is 15.6. The van der Waals surface area contributed by atoms with Crippen LogP contribution in [0.4, 0.5) is 4.39 Å². The van der Waals surface area contributed by atoms with E-state index in [1.54, 1.807) is 0 Å².